The minimum absolute atomic E-state index is 0.0116. The zero-order chi connectivity index (χ0) is 11.3. The normalized spacial score (nSPS) is 18.1. The first kappa shape index (κ1) is 13.0. The summed E-state index contributed by atoms with van der Waals surface area (Å²) in [5, 5.41) is 2.84. The number of hydrogen-bond donors (Lipinski definition) is 1. The maximum atomic E-state index is 11.4. The summed E-state index contributed by atoms with van der Waals surface area (Å²) in [5.74, 6) is 0.0116. The summed E-state index contributed by atoms with van der Waals surface area (Å²) in [5.41, 5.74) is 0. The third kappa shape index (κ3) is 4.98. The largest absolute Gasteiger partial charge is 0.376 e. The van der Waals surface area contributed by atoms with Crippen molar-refractivity contribution in [3.63, 3.8) is 0 Å². The van der Waals surface area contributed by atoms with Gasteiger partial charge in [0.05, 0.1) is 17.0 Å². The molecule has 1 rings (SSSR count). The van der Waals surface area contributed by atoms with Crippen molar-refractivity contribution in [1.29, 1.82) is 0 Å². The average molecular weight is 278 g/mol. The van der Waals surface area contributed by atoms with Gasteiger partial charge < -0.3 is 10.1 Å². The number of alkyl halides is 1. The van der Waals surface area contributed by atoms with E-state index in [1.165, 1.54) is 25.7 Å². The molecule has 0 aromatic rings. The van der Waals surface area contributed by atoms with Crippen molar-refractivity contribution in [1.82, 2.24) is 5.32 Å². The number of carbonyl (C=O) groups is 1. The number of halogens is 1. The predicted molar refractivity (Wildman–Crippen MR) is 64.2 cm³/mol. The van der Waals surface area contributed by atoms with Crippen LogP contribution in [0.25, 0.3) is 0 Å². The standard InChI is InChI=1S/C11H20BrNO2/c1-11(2,12)10(14)13-7-8-15-9-5-3-4-6-9/h9H,3-8H2,1-2H3,(H,13,14). The van der Waals surface area contributed by atoms with Crippen LogP contribution < -0.4 is 5.32 Å². The van der Waals surface area contributed by atoms with E-state index in [1.54, 1.807) is 0 Å². The van der Waals surface area contributed by atoms with Gasteiger partial charge in [0.2, 0.25) is 5.91 Å². The summed E-state index contributed by atoms with van der Waals surface area (Å²) in [7, 11) is 0. The van der Waals surface area contributed by atoms with Gasteiger partial charge in [-0.3, -0.25) is 4.79 Å². The lowest BCUT2D eigenvalue weighted by Crippen LogP contribution is -2.39. The fraction of sp³-hybridized carbons (Fsp3) is 0.909. The van der Waals surface area contributed by atoms with Gasteiger partial charge in [-0.2, -0.15) is 0 Å². The Balaban J connectivity index is 2.03. The minimum Gasteiger partial charge on any atom is -0.376 e. The first-order chi connectivity index (χ1) is 7.00. The van der Waals surface area contributed by atoms with Crippen LogP contribution in [0.2, 0.25) is 0 Å². The Morgan fingerprint density at radius 1 is 1.47 bits per heavy atom. The summed E-state index contributed by atoms with van der Waals surface area (Å²) in [6, 6.07) is 0. The van der Waals surface area contributed by atoms with E-state index in [2.05, 4.69) is 21.2 Å². The van der Waals surface area contributed by atoms with E-state index in [9.17, 15) is 4.79 Å². The van der Waals surface area contributed by atoms with Gasteiger partial charge in [0, 0.05) is 6.54 Å². The van der Waals surface area contributed by atoms with Crippen molar-refractivity contribution in [3.8, 4) is 0 Å². The van der Waals surface area contributed by atoms with Gasteiger partial charge in [-0.25, -0.2) is 0 Å². The highest BCUT2D eigenvalue weighted by atomic mass is 79.9. The quantitative estimate of drug-likeness (QED) is 0.618. The molecule has 3 nitrogen and oxygen atoms in total. The van der Waals surface area contributed by atoms with Crippen LogP contribution in [0.4, 0.5) is 0 Å². The molecule has 1 saturated carbocycles. The van der Waals surface area contributed by atoms with E-state index >= 15 is 0 Å². The molecule has 0 bridgehead atoms. The molecule has 1 fully saturated rings. The molecule has 0 aliphatic heterocycles. The summed E-state index contributed by atoms with van der Waals surface area (Å²) in [6.07, 6.45) is 5.35. The molecule has 4 heteroatoms. The number of amides is 1. The fourth-order valence-corrected chi connectivity index (χ4v) is 1.80. The van der Waals surface area contributed by atoms with Crippen LogP contribution in [0.3, 0.4) is 0 Å². The van der Waals surface area contributed by atoms with Crippen LogP contribution in [-0.4, -0.2) is 29.5 Å². The van der Waals surface area contributed by atoms with Gasteiger partial charge in [0.25, 0.3) is 0 Å². The minimum atomic E-state index is -0.486. The topological polar surface area (TPSA) is 38.3 Å². The Morgan fingerprint density at radius 2 is 2.07 bits per heavy atom. The number of hydrogen-bond acceptors (Lipinski definition) is 2. The van der Waals surface area contributed by atoms with Crippen molar-refractivity contribution in [2.24, 2.45) is 0 Å². The maximum absolute atomic E-state index is 11.4. The molecular weight excluding hydrogens is 258 g/mol. The Kier molecular flexibility index (Phi) is 5.06. The summed E-state index contributed by atoms with van der Waals surface area (Å²) >= 11 is 3.31. The van der Waals surface area contributed by atoms with Gasteiger partial charge in [-0.05, 0) is 26.7 Å². The SMILES string of the molecule is CC(C)(Br)C(=O)NCCOC1CCCC1. The van der Waals surface area contributed by atoms with Crippen LogP contribution in [-0.2, 0) is 9.53 Å². The summed E-state index contributed by atoms with van der Waals surface area (Å²) in [4.78, 5) is 11.4. The van der Waals surface area contributed by atoms with Gasteiger partial charge in [-0.15, -0.1) is 0 Å². The highest BCUT2D eigenvalue weighted by Gasteiger charge is 2.23. The monoisotopic (exact) mass is 277 g/mol. The molecule has 15 heavy (non-hydrogen) atoms. The van der Waals surface area contributed by atoms with Crippen LogP contribution in [0.1, 0.15) is 39.5 Å². The van der Waals surface area contributed by atoms with Crippen LogP contribution in [0, 0.1) is 0 Å². The van der Waals surface area contributed by atoms with Gasteiger partial charge in [-0.1, -0.05) is 28.8 Å². The smallest absolute Gasteiger partial charge is 0.236 e. The molecule has 0 radical (unpaired) electrons. The van der Waals surface area contributed by atoms with Crippen LogP contribution in [0.5, 0.6) is 0 Å². The lowest BCUT2D eigenvalue weighted by atomic mass is 10.2. The highest BCUT2D eigenvalue weighted by Crippen LogP contribution is 2.20. The number of carbonyl (C=O) groups excluding carboxylic acids is 1. The Hall–Kier alpha value is -0.0900. The molecule has 0 heterocycles. The van der Waals surface area contributed by atoms with E-state index in [4.69, 9.17) is 4.74 Å². The second kappa shape index (κ2) is 5.85. The lowest BCUT2D eigenvalue weighted by Gasteiger charge is -2.16. The molecule has 0 unspecified atom stereocenters. The van der Waals surface area contributed by atoms with Crippen molar-refractivity contribution >= 4 is 21.8 Å². The molecule has 1 aliphatic carbocycles. The molecule has 0 saturated heterocycles. The molecule has 0 atom stereocenters. The molecule has 0 aromatic heterocycles. The van der Waals surface area contributed by atoms with E-state index < -0.39 is 4.32 Å². The van der Waals surface area contributed by atoms with Crippen LogP contribution >= 0.6 is 15.9 Å². The Bertz CT molecular complexity index is 207. The van der Waals surface area contributed by atoms with E-state index in [0.717, 1.165) is 0 Å². The Labute approximate surface area is 100 Å². The molecule has 1 aliphatic rings. The van der Waals surface area contributed by atoms with E-state index in [0.29, 0.717) is 19.3 Å². The third-order valence-corrected chi connectivity index (χ3v) is 2.94. The summed E-state index contributed by atoms with van der Waals surface area (Å²) < 4.78 is 5.15. The molecule has 0 aromatic carbocycles. The van der Waals surface area contributed by atoms with Crippen molar-refractivity contribution in [2.75, 3.05) is 13.2 Å². The van der Waals surface area contributed by atoms with Crippen molar-refractivity contribution < 1.29 is 9.53 Å². The highest BCUT2D eigenvalue weighted by molar-refractivity contribution is 9.10. The average Bonchev–Trinajstić information content (AvgIpc) is 2.63. The summed E-state index contributed by atoms with van der Waals surface area (Å²) in [6.45, 7) is 4.89. The van der Waals surface area contributed by atoms with E-state index in [-0.39, 0.29) is 5.91 Å². The molecule has 1 N–H and O–H groups in total. The number of ether oxygens (including phenoxy) is 1. The molecular formula is C11H20BrNO2. The van der Waals surface area contributed by atoms with Crippen molar-refractivity contribution in [2.45, 2.75) is 50.0 Å². The second-order valence-corrected chi connectivity index (χ2v) is 6.49. The van der Waals surface area contributed by atoms with E-state index in [1.807, 2.05) is 13.8 Å². The number of nitrogens with one attached hydrogen (secondary N) is 1. The maximum Gasteiger partial charge on any atom is 0.236 e. The predicted octanol–water partition coefficient (Wildman–Crippen LogP) is 2.24. The van der Waals surface area contributed by atoms with Crippen molar-refractivity contribution in [3.05, 3.63) is 0 Å². The lowest BCUT2D eigenvalue weighted by molar-refractivity contribution is -0.122. The number of rotatable bonds is 5. The second-order valence-electron chi connectivity index (χ2n) is 4.51. The molecule has 1 amide bonds. The first-order valence-electron chi connectivity index (χ1n) is 5.59. The zero-order valence-electron chi connectivity index (χ0n) is 9.51. The molecule has 88 valence electrons. The Morgan fingerprint density at radius 3 is 2.60 bits per heavy atom. The zero-order valence-corrected chi connectivity index (χ0v) is 11.1. The van der Waals surface area contributed by atoms with Gasteiger partial charge in [0.15, 0.2) is 0 Å². The van der Waals surface area contributed by atoms with Gasteiger partial charge in [0.1, 0.15) is 0 Å². The van der Waals surface area contributed by atoms with Gasteiger partial charge >= 0.3 is 0 Å². The fourth-order valence-electron chi connectivity index (χ4n) is 1.66. The third-order valence-electron chi connectivity index (χ3n) is 2.58. The van der Waals surface area contributed by atoms with Crippen LogP contribution in [0.15, 0.2) is 0 Å². The first-order valence-corrected chi connectivity index (χ1v) is 6.38. The molecule has 0 spiro atoms.